The molecule has 0 bridgehead atoms. The summed E-state index contributed by atoms with van der Waals surface area (Å²) in [6, 6.07) is 5.72. The quantitative estimate of drug-likeness (QED) is 0.692. The SMILES string of the molecule is COc1cccc(CNN(C)C)n1. The minimum Gasteiger partial charge on any atom is -0.481 e. The van der Waals surface area contributed by atoms with Crippen LogP contribution in [0.2, 0.25) is 0 Å². The number of rotatable bonds is 4. The van der Waals surface area contributed by atoms with E-state index >= 15 is 0 Å². The summed E-state index contributed by atoms with van der Waals surface area (Å²) in [6.07, 6.45) is 0. The molecule has 0 aliphatic carbocycles. The molecule has 1 aromatic heterocycles. The molecule has 0 radical (unpaired) electrons. The molecule has 1 rings (SSSR count). The smallest absolute Gasteiger partial charge is 0.213 e. The number of nitrogens with zero attached hydrogens (tertiary/aromatic N) is 2. The topological polar surface area (TPSA) is 37.4 Å². The largest absolute Gasteiger partial charge is 0.481 e. The third-order valence-corrected chi connectivity index (χ3v) is 1.57. The fourth-order valence-electron chi connectivity index (χ4n) is 0.909. The minimum absolute atomic E-state index is 0.651. The van der Waals surface area contributed by atoms with Crippen LogP contribution in [0.5, 0.6) is 5.88 Å². The second-order valence-electron chi connectivity index (χ2n) is 2.90. The first-order chi connectivity index (χ1) is 6.22. The Morgan fingerprint density at radius 2 is 2.23 bits per heavy atom. The summed E-state index contributed by atoms with van der Waals surface area (Å²) in [5, 5.41) is 1.89. The summed E-state index contributed by atoms with van der Waals surface area (Å²) < 4.78 is 5.01. The maximum absolute atomic E-state index is 5.01. The van der Waals surface area contributed by atoms with E-state index in [9.17, 15) is 0 Å². The molecular formula is C9H15N3O. The molecule has 0 fully saturated rings. The van der Waals surface area contributed by atoms with Crippen molar-refractivity contribution in [3.05, 3.63) is 23.9 Å². The molecule has 4 heteroatoms. The van der Waals surface area contributed by atoms with Gasteiger partial charge in [-0.3, -0.25) is 5.01 Å². The third-order valence-electron chi connectivity index (χ3n) is 1.57. The van der Waals surface area contributed by atoms with Crippen molar-refractivity contribution in [3.8, 4) is 5.88 Å². The second kappa shape index (κ2) is 4.79. The van der Waals surface area contributed by atoms with Crippen LogP contribution in [0.3, 0.4) is 0 Å². The standard InChI is InChI=1S/C9H15N3O/c1-12(2)10-7-8-5-4-6-9(11-8)13-3/h4-6,10H,7H2,1-3H3. The third kappa shape index (κ3) is 3.40. The molecule has 0 saturated carbocycles. The highest BCUT2D eigenvalue weighted by Crippen LogP contribution is 2.05. The molecular weight excluding hydrogens is 166 g/mol. The van der Waals surface area contributed by atoms with Gasteiger partial charge in [0.05, 0.1) is 19.3 Å². The van der Waals surface area contributed by atoms with E-state index < -0.39 is 0 Å². The van der Waals surface area contributed by atoms with E-state index in [2.05, 4.69) is 10.4 Å². The maximum Gasteiger partial charge on any atom is 0.213 e. The Morgan fingerprint density at radius 3 is 2.85 bits per heavy atom. The normalized spacial score (nSPS) is 10.5. The van der Waals surface area contributed by atoms with E-state index in [0.717, 1.165) is 5.69 Å². The van der Waals surface area contributed by atoms with Crippen molar-refractivity contribution in [2.75, 3.05) is 21.2 Å². The highest BCUT2D eigenvalue weighted by atomic mass is 16.5. The Kier molecular flexibility index (Phi) is 3.67. The van der Waals surface area contributed by atoms with E-state index in [1.54, 1.807) is 7.11 Å². The van der Waals surface area contributed by atoms with Gasteiger partial charge in [-0.15, -0.1) is 0 Å². The number of methoxy groups -OCH3 is 1. The van der Waals surface area contributed by atoms with Crippen LogP contribution in [-0.4, -0.2) is 31.2 Å². The number of hydrazine groups is 1. The molecule has 0 atom stereocenters. The van der Waals surface area contributed by atoms with Crippen LogP contribution in [0, 0.1) is 0 Å². The van der Waals surface area contributed by atoms with Crippen LogP contribution in [-0.2, 0) is 6.54 Å². The lowest BCUT2D eigenvalue weighted by Gasteiger charge is -2.11. The number of nitrogens with one attached hydrogen (secondary N) is 1. The summed E-state index contributed by atoms with van der Waals surface area (Å²) in [4.78, 5) is 4.25. The van der Waals surface area contributed by atoms with Crippen molar-refractivity contribution >= 4 is 0 Å². The molecule has 0 unspecified atom stereocenters. The maximum atomic E-state index is 5.01. The predicted molar refractivity (Wildman–Crippen MR) is 51.3 cm³/mol. The van der Waals surface area contributed by atoms with Crippen molar-refractivity contribution in [3.63, 3.8) is 0 Å². The summed E-state index contributed by atoms with van der Waals surface area (Å²) in [6.45, 7) is 0.712. The number of ether oxygens (including phenoxy) is 1. The lowest BCUT2D eigenvalue weighted by molar-refractivity contribution is 0.283. The average molecular weight is 181 g/mol. The Morgan fingerprint density at radius 1 is 1.46 bits per heavy atom. The van der Waals surface area contributed by atoms with Crippen molar-refractivity contribution in [2.45, 2.75) is 6.54 Å². The van der Waals surface area contributed by atoms with Crippen LogP contribution in [0.1, 0.15) is 5.69 Å². The van der Waals surface area contributed by atoms with Gasteiger partial charge < -0.3 is 4.74 Å². The summed E-state index contributed by atoms with van der Waals surface area (Å²) >= 11 is 0. The van der Waals surface area contributed by atoms with Gasteiger partial charge in [-0.2, -0.15) is 0 Å². The highest BCUT2D eigenvalue weighted by Gasteiger charge is 1.96. The molecule has 0 amide bonds. The molecule has 0 saturated heterocycles. The predicted octanol–water partition coefficient (Wildman–Crippen LogP) is 0.656. The molecule has 13 heavy (non-hydrogen) atoms. The summed E-state index contributed by atoms with van der Waals surface area (Å²) in [5.41, 5.74) is 4.09. The van der Waals surface area contributed by atoms with Crippen molar-refractivity contribution in [2.24, 2.45) is 0 Å². The zero-order valence-corrected chi connectivity index (χ0v) is 8.24. The number of hydrogen-bond donors (Lipinski definition) is 1. The van der Waals surface area contributed by atoms with Gasteiger partial charge in [-0.05, 0) is 6.07 Å². The van der Waals surface area contributed by atoms with E-state index in [0.29, 0.717) is 12.4 Å². The number of pyridine rings is 1. The van der Waals surface area contributed by atoms with E-state index in [1.165, 1.54) is 0 Å². The Balaban J connectivity index is 2.56. The molecule has 4 nitrogen and oxygen atoms in total. The Labute approximate surface area is 78.5 Å². The van der Waals surface area contributed by atoms with Gasteiger partial charge in [0.2, 0.25) is 5.88 Å². The van der Waals surface area contributed by atoms with E-state index in [-0.39, 0.29) is 0 Å². The van der Waals surface area contributed by atoms with Gasteiger partial charge in [0.15, 0.2) is 0 Å². The second-order valence-corrected chi connectivity index (χ2v) is 2.90. The molecule has 72 valence electrons. The van der Waals surface area contributed by atoms with Gasteiger partial charge in [0.1, 0.15) is 0 Å². The minimum atomic E-state index is 0.651. The lowest BCUT2D eigenvalue weighted by Crippen LogP contribution is -2.29. The zero-order valence-electron chi connectivity index (χ0n) is 8.24. The van der Waals surface area contributed by atoms with Crippen LogP contribution in [0.4, 0.5) is 0 Å². The van der Waals surface area contributed by atoms with Gasteiger partial charge in [-0.1, -0.05) is 6.07 Å². The van der Waals surface area contributed by atoms with E-state index in [4.69, 9.17) is 4.74 Å². The highest BCUT2D eigenvalue weighted by molar-refractivity contribution is 5.15. The zero-order chi connectivity index (χ0) is 9.68. The van der Waals surface area contributed by atoms with E-state index in [1.807, 2.05) is 37.3 Å². The monoisotopic (exact) mass is 181 g/mol. The fraction of sp³-hybridized carbons (Fsp3) is 0.444. The summed E-state index contributed by atoms with van der Waals surface area (Å²) in [7, 11) is 5.51. The first-order valence-corrected chi connectivity index (χ1v) is 4.13. The Hall–Kier alpha value is -1.13. The van der Waals surface area contributed by atoms with Crippen LogP contribution in [0.25, 0.3) is 0 Å². The van der Waals surface area contributed by atoms with Gasteiger partial charge in [0.25, 0.3) is 0 Å². The first-order valence-electron chi connectivity index (χ1n) is 4.13. The Bertz CT molecular complexity index is 263. The molecule has 1 heterocycles. The van der Waals surface area contributed by atoms with Gasteiger partial charge in [0, 0.05) is 20.2 Å². The molecule has 1 N–H and O–H groups in total. The summed E-state index contributed by atoms with van der Waals surface area (Å²) in [5.74, 6) is 0.651. The molecule has 0 spiro atoms. The molecule has 1 aromatic rings. The van der Waals surface area contributed by atoms with Crippen LogP contribution in [0.15, 0.2) is 18.2 Å². The molecule has 0 aliphatic heterocycles. The molecule has 0 aromatic carbocycles. The fourth-order valence-corrected chi connectivity index (χ4v) is 0.909. The van der Waals surface area contributed by atoms with Crippen molar-refractivity contribution < 1.29 is 4.74 Å². The van der Waals surface area contributed by atoms with Gasteiger partial charge >= 0.3 is 0 Å². The number of hydrogen-bond acceptors (Lipinski definition) is 4. The van der Waals surface area contributed by atoms with Crippen LogP contribution >= 0.6 is 0 Å². The molecule has 0 aliphatic rings. The average Bonchev–Trinajstić information content (AvgIpc) is 2.15. The number of aromatic nitrogens is 1. The lowest BCUT2D eigenvalue weighted by atomic mass is 10.3. The first kappa shape index (κ1) is 9.95. The van der Waals surface area contributed by atoms with Crippen LogP contribution < -0.4 is 10.2 Å². The van der Waals surface area contributed by atoms with Crippen molar-refractivity contribution in [1.82, 2.24) is 15.4 Å². The van der Waals surface area contributed by atoms with Crippen molar-refractivity contribution in [1.29, 1.82) is 0 Å². The van der Waals surface area contributed by atoms with Gasteiger partial charge in [-0.25, -0.2) is 10.4 Å².